The Morgan fingerprint density at radius 3 is 1.11 bits per heavy atom. The van der Waals surface area contributed by atoms with E-state index in [0.717, 1.165) is 19.5 Å². The van der Waals surface area contributed by atoms with Gasteiger partial charge in [-0.25, -0.2) is 0 Å². The minimum Gasteiger partial charge on any atom is -0.344 e. The number of anilines is 4. The van der Waals surface area contributed by atoms with Crippen LogP contribution < -0.4 is 9.80 Å². The van der Waals surface area contributed by atoms with E-state index in [0.29, 0.717) is 0 Å². The largest absolute Gasteiger partial charge is 0.344 e. The number of para-hydroxylation sites is 4. The predicted molar refractivity (Wildman–Crippen MR) is 160 cm³/mol. The van der Waals surface area contributed by atoms with E-state index >= 15 is 0 Å². The fourth-order valence-electron chi connectivity index (χ4n) is 6.24. The van der Waals surface area contributed by atoms with Crippen molar-refractivity contribution in [2.24, 2.45) is 0 Å². The molecule has 0 bridgehead atoms. The van der Waals surface area contributed by atoms with Crippen LogP contribution in [0.25, 0.3) is 0 Å². The maximum Gasteiger partial charge on any atom is 0.0452 e. The molecule has 0 aromatic heterocycles. The van der Waals surface area contributed by atoms with E-state index in [2.05, 4.69) is 148 Å². The topological polar surface area (TPSA) is 6.48 Å². The van der Waals surface area contributed by atoms with Crippen LogP contribution in [0.4, 0.5) is 22.7 Å². The predicted octanol–water partition coefficient (Wildman–Crippen LogP) is 9.17. The Balaban J connectivity index is 0.000000173. The summed E-state index contributed by atoms with van der Waals surface area (Å²) in [5.74, 6) is 0. The van der Waals surface area contributed by atoms with Crippen molar-refractivity contribution in [1.29, 1.82) is 0 Å². The molecule has 0 saturated carbocycles. The normalized spacial score (nSPS) is 15.5. The van der Waals surface area contributed by atoms with E-state index in [4.69, 9.17) is 0 Å². The Labute approximate surface area is 255 Å². The standard InChI is InChI=1S/C18H20N.C17H19N.Y/c1-4-13-19-16-11-7-5-9-14(16)18(2,3)15-10-6-8-12-17(15)19;1-4-18-15-11-7-5-9-13(15)17(2,3)14-10-6-8-12-16(14)18;/h5-12H,1,4,13H2,2-3H3;5-12H,4H2,1-3H3;/q-1;;. The molecular weight excluding hydrogens is 537 g/mol. The summed E-state index contributed by atoms with van der Waals surface area (Å²) in [6.45, 7) is 17.5. The molecule has 38 heavy (non-hydrogen) atoms. The molecule has 2 heterocycles. The minimum atomic E-state index is 0. The van der Waals surface area contributed by atoms with E-state index in [9.17, 15) is 0 Å². The summed E-state index contributed by atoms with van der Waals surface area (Å²) in [7, 11) is 0. The Morgan fingerprint density at radius 1 is 0.526 bits per heavy atom. The first kappa shape index (κ1) is 28.6. The van der Waals surface area contributed by atoms with E-state index in [-0.39, 0.29) is 43.5 Å². The van der Waals surface area contributed by atoms with Gasteiger partial charge in [0.2, 0.25) is 0 Å². The van der Waals surface area contributed by atoms with Crippen LogP contribution in [0.3, 0.4) is 0 Å². The van der Waals surface area contributed by atoms with Gasteiger partial charge in [0.25, 0.3) is 0 Å². The smallest absolute Gasteiger partial charge is 0.0452 e. The molecule has 1 radical (unpaired) electrons. The van der Waals surface area contributed by atoms with Gasteiger partial charge >= 0.3 is 0 Å². The Hall–Kier alpha value is -2.42. The molecule has 0 atom stereocenters. The molecule has 0 amide bonds. The molecule has 0 unspecified atom stereocenters. The molecule has 0 fully saturated rings. The van der Waals surface area contributed by atoms with Gasteiger partial charge in [0, 0.05) is 72.8 Å². The van der Waals surface area contributed by atoms with Crippen LogP contribution in [0.2, 0.25) is 0 Å². The van der Waals surface area contributed by atoms with Gasteiger partial charge in [0.1, 0.15) is 0 Å². The first-order chi connectivity index (χ1) is 17.8. The average molecular weight is 577 g/mol. The van der Waals surface area contributed by atoms with Crippen LogP contribution >= 0.6 is 0 Å². The number of hydrogen-bond acceptors (Lipinski definition) is 2. The third-order valence-electron chi connectivity index (χ3n) is 8.17. The van der Waals surface area contributed by atoms with E-state index in [1.165, 1.54) is 45.0 Å². The van der Waals surface area contributed by atoms with Crippen LogP contribution in [0.1, 0.15) is 63.3 Å². The zero-order chi connectivity index (χ0) is 26.2. The third-order valence-corrected chi connectivity index (χ3v) is 8.17. The quantitative estimate of drug-likeness (QED) is 0.225. The maximum absolute atomic E-state index is 4.02. The number of fused-ring (bicyclic) bond motifs is 4. The molecule has 4 aromatic rings. The summed E-state index contributed by atoms with van der Waals surface area (Å²) < 4.78 is 0. The summed E-state index contributed by atoms with van der Waals surface area (Å²) >= 11 is 0. The molecule has 0 spiro atoms. The third kappa shape index (κ3) is 4.76. The van der Waals surface area contributed by atoms with Gasteiger partial charge in [-0.1, -0.05) is 100 Å². The summed E-state index contributed by atoms with van der Waals surface area (Å²) in [5.41, 5.74) is 11.2. The minimum absolute atomic E-state index is 0. The summed E-state index contributed by atoms with van der Waals surface area (Å²) in [6, 6.07) is 35.0. The first-order valence-corrected chi connectivity index (χ1v) is 13.5. The molecule has 2 aliphatic heterocycles. The second kappa shape index (κ2) is 11.4. The zero-order valence-corrected chi connectivity index (χ0v) is 26.4. The molecule has 0 N–H and O–H groups in total. The van der Waals surface area contributed by atoms with Crippen molar-refractivity contribution >= 4 is 22.7 Å². The van der Waals surface area contributed by atoms with Crippen molar-refractivity contribution < 1.29 is 32.7 Å². The molecule has 3 heteroatoms. The Kier molecular flexibility index (Phi) is 8.55. The van der Waals surface area contributed by atoms with Crippen LogP contribution in [0.15, 0.2) is 97.1 Å². The van der Waals surface area contributed by atoms with Gasteiger partial charge < -0.3 is 16.7 Å². The van der Waals surface area contributed by atoms with Gasteiger partial charge in [-0.3, -0.25) is 0 Å². The SMILES string of the molecule is CCN1c2ccccc2C(C)(C)c2ccccc21.[CH2-]CCN1c2ccccc2C(C)(C)c2ccccc21.[Y]. The molecule has 4 aromatic carbocycles. The molecular formula is C35H39N2Y-. The van der Waals surface area contributed by atoms with Crippen molar-refractivity contribution in [1.82, 2.24) is 0 Å². The number of nitrogens with zero attached hydrogens (tertiary/aromatic N) is 2. The molecule has 0 aliphatic carbocycles. The fraction of sp³-hybridized carbons (Fsp3) is 0.286. The van der Waals surface area contributed by atoms with Gasteiger partial charge in [0.05, 0.1) is 0 Å². The molecule has 6 rings (SSSR count). The molecule has 2 aliphatic rings. The van der Waals surface area contributed by atoms with Gasteiger partial charge in [-0.15, -0.1) is 0 Å². The molecule has 193 valence electrons. The second-order valence-corrected chi connectivity index (χ2v) is 11.1. The van der Waals surface area contributed by atoms with Crippen LogP contribution in [0.5, 0.6) is 0 Å². The molecule has 0 saturated heterocycles. The zero-order valence-electron chi connectivity index (χ0n) is 23.5. The summed E-state index contributed by atoms with van der Waals surface area (Å²) in [4.78, 5) is 4.82. The van der Waals surface area contributed by atoms with Crippen molar-refractivity contribution in [3.05, 3.63) is 126 Å². The van der Waals surface area contributed by atoms with Gasteiger partial charge in [0.15, 0.2) is 0 Å². The van der Waals surface area contributed by atoms with Crippen molar-refractivity contribution in [2.75, 3.05) is 22.9 Å². The van der Waals surface area contributed by atoms with Gasteiger partial charge in [-0.2, -0.15) is 6.42 Å². The number of benzene rings is 4. The van der Waals surface area contributed by atoms with E-state index in [1.807, 2.05) is 0 Å². The Bertz CT molecular complexity index is 1310. The van der Waals surface area contributed by atoms with E-state index < -0.39 is 0 Å². The van der Waals surface area contributed by atoms with E-state index in [1.54, 1.807) is 0 Å². The van der Waals surface area contributed by atoms with Crippen LogP contribution in [0, 0.1) is 6.92 Å². The average Bonchev–Trinajstić information content (AvgIpc) is 2.92. The maximum atomic E-state index is 4.02. The Morgan fingerprint density at radius 2 is 0.816 bits per heavy atom. The number of rotatable bonds is 3. The summed E-state index contributed by atoms with van der Waals surface area (Å²) in [5, 5.41) is 0. The monoisotopic (exact) mass is 576 g/mol. The fourth-order valence-corrected chi connectivity index (χ4v) is 6.24. The summed E-state index contributed by atoms with van der Waals surface area (Å²) in [6.07, 6.45) is 0.906. The molecule has 2 nitrogen and oxygen atoms in total. The second-order valence-electron chi connectivity index (χ2n) is 11.1. The van der Waals surface area contributed by atoms with Crippen molar-refractivity contribution in [3.63, 3.8) is 0 Å². The van der Waals surface area contributed by atoms with Gasteiger partial charge in [-0.05, 0) is 60.0 Å². The van der Waals surface area contributed by atoms with Crippen molar-refractivity contribution in [2.45, 2.75) is 51.9 Å². The number of hydrogen-bond donors (Lipinski definition) is 0. The van der Waals surface area contributed by atoms with Crippen LogP contribution in [-0.2, 0) is 43.5 Å². The first-order valence-electron chi connectivity index (χ1n) is 13.5. The van der Waals surface area contributed by atoms with Crippen molar-refractivity contribution in [3.8, 4) is 0 Å². The van der Waals surface area contributed by atoms with Crippen LogP contribution in [-0.4, -0.2) is 13.1 Å².